The van der Waals surface area contributed by atoms with E-state index < -0.39 is 5.97 Å². The Morgan fingerprint density at radius 1 is 1.24 bits per heavy atom. The Morgan fingerprint density at radius 3 is 2.24 bits per heavy atom. The lowest BCUT2D eigenvalue weighted by Gasteiger charge is -2.06. The molecule has 5 nitrogen and oxygen atoms in total. The number of furan rings is 1. The van der Waals surface area contributed by atoms with Crippen molar-refractivity contribution >= 4 is 5.97 Å². The van der Waals surface area contributed by atoms with Gasteiger partial charge in [0.2, 0.25) is 0 Å². The zero-order chi connectivity index (χ0) is 12.6. The second-order valence-electron chi connectivity index (χ2n) is 3.79. The maximum atomic E-state index is 11.0. The molecule has 2 aromatic heterocycles. The van der Waals surface area contributed by atoms with Crippen LogP contribution >= 0.6 is 0 Å². The maximum Gasteiger partial charge on any atom is 0.339 e. The first kappa shape index (κ1) is 11.3. The molecule has 0 unspecified atom stereocenters. The van der Waals surface area contributed by atoms with E-state index in [1.165, 1.54) is 0 Å². The van der Waals surface area contributed by atoms with Gasteiger partial charge in [0.1, 0.15) is 11.3 Å². The Balaban J connectivity index is 2.61. The number of hydrogen-bond acceptors (Lipinski definition) is 4. The third-order valence-electron chi connectivity index (χ3n) is 2.58. The number of aromatic nitrogens is 2. The van der Waals surface area contributed by atoms with Crippen molar-refractivity contribution < 1.29 is 14.3 Å². The van der Waals surface area contributed by atoms with Crippen LogP contribution in [-0.2, 0) is 0 Å². The molecule has 88 valence electrons. The van der Waals surface area contributed by atoms with Crippen molar-refractivity contribution in [1.82, 2.24) is 9.97 Å². The Labute approximate surface area is 98.1 Å². The van der Waals surface area contributed by atoms with Crippen molar-refractivity contribution in [3.05, 3.63) is 35.0 Å². The molecule has 1 N–H and O–H groups in total. The van der Waals surface area contributed by atoms with E-state index in [0.29, 0.717) is 23.0 Å². The summed E-state index contributed by atoms with van der Waals surface area (Å²) < 4.78 is 5.18. The standard InChI is InChI=1S/C12H12N2O3/c1-6-10(12(15)16)7(2)14-11(13-6)9-4-5-17-8(9)3/h4-5H,1-3H3,(H,15,16). The summed E-state index contributed by atoms with van der Waals surface area (Å²) in [4.78, 5) is 19.4. The summed E-state index contributed by atoms with van der Waals surface area (Å²) in [7, 11) is 0. The van der Waals surface area contributed by atoms with Gasteiger partial charge in [-0.15, -0.1) is 0 Å². The van der Waals surface area contributed by atoms with Gasteiger partial charge in [-0.2, -0.15) is 0 Å². The number of rotatable bonds is 2. The Bertz CT molecular complexity index is 564. The van der Waals surface area contributed by atoms with E-state index in [4.69, 9.17) is 9.52 Å². The van der Waals surface area contributed by atoms with Gasteiger partial charge in [-0.05, 0) is 26.8 Å². The number of nitrogens with zero attached hydrogens (tertiary/aromatic N) is 2. The lowest BCUT2D eigenvalue weighted by Crippen LogP contribution is -2.08. The fraction of sp³-hybridized carbons (Fsp3) is 0.250. The van der Waals surface area contributed by atoms with E-state index in [2.05, 4.69) is 9.97 Å². The van der Waals surface area contributed by atoms with E-state index in [9.17, 15) is 4.79 Å². The normalized spacial score (nSPS) is 10.5. The summed E-state index contributed by atoms with van der Waals surface area (Å²) >= 11 is 0. The molecule has 5 heteroatoms. The molecule has 0 bridgehead atoms. The Morgan fingerprint density at radius 2 is 1.82 bits per heavy atom. The zero-order valence-corrected chi connectivity index (χ0v) is 9.81. The van der Waals surface area contributed by atoms with E-state index >= 15 is 0 Å². The monoisotopic (exact) mass is 232 g/mol. The molecule has 2 aromatic rings. The molecule has 2 heterocycles. The summed E-state index contributed by atoms with van der Waals surface area (Å²) in [6.07, 6.45) is 1.56. The summed E-state index contributed by atoms with van der Waals surface area (Å²) in [6, 6.07) is 1.77. The number of carboxylic acid groups (broad SMARTS) is 1. The minimum absolute atomic E-state index is 0.162. The molecule has 0 aliphatic rings. The molecule has 0 fully saturated rings. The Kier molecular flexibility index (Phi) is 2.67. The fourth-order valence-corrected chi connectivity index (χ4v) is 1.76. The minimum atomic E-state index is -1.00. The first-order chi connectivity index (χ1) is 8.00. The maximum absolute atomic E-state index is 11.0. The Hall–Kier alpha value is -2.17. The van der Waals surface area contributed by atoms with E-state index in [1.807, 2.05) is 6.92 Å². The molecule has 0 saturated heterocycles. The molecule has 0 radical (unpaired) electrons. The topological polar surface area (TPSA) is 76.2 Å². The van der Waals surface area contributed by atoms with Crippen LogP contribution in [0.1, 0.15) is 27.5 Å². The first-order valence-corrected chi connectivity index (χ1v) is 5.13. The first-order valence-electron chi connectivity index (χ1n) is 5.13. The van der Waals surface area contributed by atoms with Gasteiger partial charge in [0, 0.05) is 0 Å². The fourth-order valence-electron chi connectivity index (χ4n) is 1.76. The summed E-state index contributed by atoms with van der Waals surface area (Å²) in [5.74, 6) is 0.207. The highest BCUT2D eigenvalue weighted by molar-refractivity contribution is 5.90. The summed E-state index contributed by atoms with van der Waals surface area (Å²) in [6.45, 7) is 5.14. The lowest BCUT2D eigenvalue weighted by molar-refractivity contribution is 0.0694. The van der Waals surface area contributed by atoms with E-state index in [-0.39, 0.29) is 5.56 Å². The zero-order valence-electron chi connectivity index (χ0n) is 9.81. The smallest absolute Gasteiger partial charge is 0.339 e. The van der Waals surface area contributed by atoms with Crippen molar-refractivity contribution in [2.24, 2.45) is 0 Å². The van der Waals surface area contributed by atoms with E-state index in [0.717, 1.165) is 5.56 Å². The van der Waals surface area contributed by atoms with Gasteiger partial charge in [0.25, 0.3) is 0 Å². The van der Waals surface area contributed by atoms with Gasteiger partial charge < -0.3 is 9.52 Å². The minimum Gasteiger partial charge on any atom is -0.478 e. The summed E-state index contributed by atoms with van der Waals surface area (Å²) in [5, 5.41) is 9.02. The van der Waals surface area contributed by atoms with Crippen LogP contribution in [0.3, 0.4) is 0 Å². The van der Waals surface area contributed by atoms with Crippen molar-refractivity contribution in [3.8, 4) is 11.4 Å². The average molecular weight is 232 g/mol. The van der Waals surface area contributed by atoms with Crippen LogP contribution in [0.4, 0.5) is 0 Å². The quantitative estimate of drug-likeness (QED) is 0.860. The largest absolute Gasteiger partial charge is 0.478 e. The van der Waals surface area contributed by atoms with Crippen LogP contribution in [0.15, 0.2) is 16.7 Å². The predicted molar refractivity (Wildman–Crippen MR) is 60.9 cm³/mol. The van der Waals surface area contributed by atoms with Gasteiger partial charge in [-0.25, -0.2) is 14.8 Å². The SMILES string of the molecule is Cc1nc(-c2ccoc2C)nc(C)c1C(=O)O. The highest BCUT2D eigenvalue weighted by Gasteiger charge is 2.16. The number of hydrogen-bond donors (Lipinski definition) is 1. The highest BCUT2D eigenvalue weighted by atomic mass is 16.4. The average Bonchev–Trinajstić information content (AvgIpc) is 2.62. The van der Waals surface area contributed by atoms with Crippen LogP contribution in [0, 0.1) is 20.8 Å². The lowest BCUT2D eigenvalue weighted by atomic mass is 10.1. The number of aromatic carboxylic acids is 1. The number of carboxylic acids is 1. The van der Waals surface area contributed by atoms with Crippen LogP contribution < -0.4 is 0 Å². The molecular weight excluding hydrogens is 220 g/mol. The molecular formula is C12H12N2O3. The highest BCUT2D eigenvalue weighted by Crippen LogP contribution is 2.22. The van der Waals surface area contributed by atoms with Crippen molar-refractivity contribution in [2.75, 3.05) is 0 Å². The number of aryl methyl sites for hydroxylation is 3. The third-order valence-corrected chi connectivity index (χ3v) is 2.58. The molecule has 2 rings (SSSR count). The third kappa shape index (κ3) is 1.91. The molecule has 0 spiro atoms. The second kappa shape index (κ2) is 4.01. The second-order valence-corrected chi connectivity index (χ2v) is 3.79. The van der Waals surface area contributed by atoms with Crippen LogP contribution in [0.5, 0.6) is 0 Å². The molecule has 0 amide bonds. The summed E-state index contributed by atoms with van der Waals surface area (Å²) in [5.41, 5.74) is 1.87. The van der Waals surface area contributed by atoms with Gasteiger partial charge in [0.05, 0.1) is 23.2 Å². The molecule has 0 aliphatic heterocycles. The molecule has 0 aromatic carbocycles. The van der Waals surface area contributed by atoms with Gasteiger partial charge in [-0.3, -0.25) is 0 Å². The van der Waals surface area contributed by atoms with Gasteiger partial charge in [0.15, 0.2) is 5.82 Å². The molecule has 0 saturated carbocycles. The van der Waals surface area contributed by atoms with Crippen LogP contribution in [0.25, 0.3) is 11.4 Å². The van der Waals surface area contributed by atoms with Crippen molar-refractivity contribution in [2.45, 2.75) is 20.8 Å². The van der Waals surface area contributed by atoms with Crippen LogP contribution in [-0.4, -0.2) is 21.0 Å². The van der Waals surface area contributed by atoms with E-state index in [1.54, 1.807) is 26.2 Å². The van der Waals surface area contributed by atoms with Gasteiger partial charge in [-0.1, -0.05) is 0 Å². The molecule has 17 heavy (non-hydrogen) atoms. The molecule has 0 aliphatic carbocycles. The van der Waals surface area contributed by atoms with Crippen molar-refractivity contribution in [1.29, 1.82) is 0 Å². The van der Waals surface area contributed by atoms with Gasteiger partial charge >= 0.3 is 5.97 Å². The molecule has 0 atom stereocenters. The van der Waals surface area contributed by atoms with Crippen LogP contribution in [0.2, 0.25) is 0 Å². The number of carbonyl (C=O) groups is 1. The van der Waals surface area contributed by atoms with Crippen molar-refractivity contribution in [3.63, 3.8) is 0 Å². The predicted octanol–water partition coefficient (Wildman–Crippen LogP) is 2.36.